The molecule has 0 aliphatic carbocycles. The Kier molecular flexibility index (Phi) is 8.93. The lowest BCUT2D eigenvalue weighted by atomic mass is 9.96. The molecule has 0 aliphatic heterocycles. The Hall–Kier alpha value is -3.68. The summed E-state index contributed by atoms with van der Waals surface area (Å²) in [5, 5.41) is 46.4. The number of carbonyl (C=O) groups is 6. The third kappa shape index (κ3) is 7.93. The van der Waals surface area contributed by atoms with Gasteiger partial charge in [-0.3, -0.25) is 14.4 Å². The van der Waals surface area contributed by atoms with E-state index in [4.69, 9.17) is 15.3 Å². The summed E-state index contributed by atoms with van der Waals surface area (Å²) in [6, 6.07) is 7.25. The van der Waals surface area contributed by atoms with Gasteiger partial charge >= 0.3 is 35.8 Å². The first-order chi connectivity index (χ1) is 14.4. The molecule has 0 aliphatic rings. The van der Waals surface area contributed by atoms with E-state index in [2.05, 4.69) is 9.47 Å². The molecule has 1 rings (SSSR count). The molecule has 0 amide bonds. The SMILES string of the molecule is O=C(CC(O)C(=O)O)OC(=O)CC(O)(CC(=O)OC(=O)[C@H](O)c1ccccc1)C(=O)O. The largest absolute Gasteiger partial charge is 0.479 e. The highest BCUT2D eigenvalue weighted by molar-refractivity contribution is 5.95. The second-order valence-electron chi connectivity index (χ2n) is 6.20. The van der Waals surface area contributed by atoms with Crippen LogP contribution in [0.2, 0.25) is 0 Å². The standard InChI is InChI=1S/C18H18O13/c19-10(15(24)25)6-11(20)30-12(21)7-18(29,17(27)28)8-13(22)31-16(26)14(23)9-4-2-1-3-5-9/h1-5,10,14,19,23,29H,6-8H2,(H,24,25)(H,27,28)/t10?,14-,18?/m1/s1. The van der Waals surface area contributed by atoms with Gasteiger partial charge in [0.2, 0.25) is 0 Å². The van der Waals surface area contributed by atoms with Gasteiger partial charge in [0, 0.05) is 0 Å². The molecule has 13 heteroatoms. The number of rotatable bonds is 10. The molecule has 13 nitrogen and oxygen atoms in total. The smallest absolute Gasteiger partial charge is 0.347 e. The zero-order valence-electron chi connectivity index (χ0n) is 15.7. The fraction of sp³-hybridized carbons (Fsp3) is 0.333. The molecule has 0 fully saturated rings. The van der Waals surface area contributed by atoms with Crippen molar-refractivity contribution in [1.82, 2.24) is 0 Å². The van der Waals surface area contributed by atoms with Crippen molar-refractivity contribution < 1.29 is 63.8 Å². The van der Waals surface area contributed by atoms with Crippen molar-refractivity contribution >= 4 is 35.8 Å². The van der Waals surface area contributed by atoms with E-state index in [0.717, 1.165) is 0 Å². The summed E-state index contributed by atoms with van der Waals surface area (Å²) in [7, 11) is 0. The topological polar surface area (TPSA) is 222 Å². The van der Waals surface area contributed by atoms with E-state index in [1.807, 2.05) is 0 Å². The Morgan fingerprint density at radius 3 is 1.84 bits per heavy atom. The summed E-state index contributed by atoms with van der Waals surface area (Å²) in [5.74, 6) is -10.1. The number of aliphatic hydroxyl groups excluding tert-OH is 2. The fourth-order valence-corrected chi connectivity index (χ4v) is 2.12. The predicted octanol–water partition coefficient (Wildman–Crippen LogP) is -1.71. The van der Waals surface area contributed by atoms with Crippen molar-refractivity contribution in [3.05, 3.63) is 35.9 Å². The van der Waals surface area contributed by atoms with Crippen molar-refractivity contribution in [2.24, 2.45) is 0 Å². The number of ether oxygens (including phenoxy) is 2. The molecule has 1 aromatic carbocycles. The monoisotopic (exact) mass is 442 g/mol. The lowest BCUT2D eigenvalue weighted by Crippen LogP contribution is -2.44. The highest BCUT2D eigenvalue weighted by atomic mass is 16.6. The van der Waals surface area contributed by atoms with E-state index in [-0.39, 0.29) is 5.56 Å². The van der Waals surface area contributed by atoms with Crippen molar-refractivity contribution in [2.75, 3.05) is 0 Å². The summed E-state index contributed by atoms with van der Waals surface area (Å²) in [5.41, 5.74) is -3.09. The maximum absolute atomic E-state index is 11.8. The van der Waals surface area contributed by atoms with Crippen LogP contribution in [-0.2, 0) is 38.2 Å². The average molecular weight is 442 g/mol. The molecule has 5 N–H and O–H groups in total. The van der Waals surface area contributed by atoms with Crippen LogP contribution in [-0.4, -0.2) is 73.1 Å². The van der Waals surface area contributed by atoms with Gasteiger partial charge in [0.05, 0.1) is 19.3 Å². The van der Waals surface area contributed by atoms with Crippen molar-refractivity contribution in [3.8, 4) is 0 Å². The molecule has 3 atom stereocenters. The van der Waals surface area contributed by atoms with Crippen LogP contribution in [0.15, 0.2) is 30.3 Å². The minimum Gasteiger partial charge on any atom is -0.479 e. The second kappa shape index (κ2) is 10.9. The van der Waals surface area contributed by atoms with E-state index >= 15 is 0 Å². The van der Waals surface area contributed by atoms with Crippen LogP contribution < -0.4 is 0 Å². The number of carboxylic acids is 2. The Bertz CT molecular complexity index is 862. The number of esters is 4. The zero-order valence-corrected chi connectivity index (χ0v) is 15.7. The van der Waals surface area contributed by atoms with Gasteiger partial charge in [0.15, 0.2) is 17.8 Å². The Morgan fingerprint density at radius 2 is 1.35 bits per heavy atom. The van der Waals surface area contributed by atoms with Gasteiger partial charge in [-0.15, -0.1) is 0 Å². The van der Waals surface area contributed by atoms with Gasteiger partial charge in [-0.2, -0.15) is 0 Å². The molecular weight excluding hydrogens is 424 g/mol. The number of hydrogen-bond donors (Lipinski definition) is 5. The first kappa shape index (κ1) is 25.4. The Morgan fingerprint density at radius 1 is 0.839 bits per heavy atom. The minimum absolute atomic E-state index is 0.0689. The highest BCUT2D eigenvalue weighted by Crippen LogP contribution is 2.20. The molecule has 0 radical (unpaired) electrons. The highest BCUT2D eigenvalue weighted by Gasteiger charge is 2.43. The molecule has 31 heavy (non-hydrogen) atoms. The maximum atomic E-state index is 11.8. The number of aliphatic carboxylic acids is 2. The minimum atomic E-state index is -3.15. The molecule has 0 saturated carbocycles. The Labute approximate surface area is 173 Å². The van der Waals surface area contributed by atoms with E-state index < -0.39 is 72.9 Å². The normalized spacial score (nSPS) is 14.4. The average Bonchev–Trinajstić information content (AvgIpc) is 2.67. The van der Waals surface area contributed by atoms with Crippen LogP contribution in [0, 0.1) is 0 Å². The van der Waals surface area contributed by atoms with E-state index in [1.165, 1.54) is 24.3 Å². The molecule has 168 valence electrons. The third-order valence-corrected chi connectivity index (χ3v) is 3.70. The van der Waals surface area contributed by atoms with Crippen LogP contribution in [0.25, 0.3) is 0 Å². The fourth-order valence-electron chi connectivity index (χ4n) is 2.12. The summed E-state index contributed by atoms with van der Waals surface area (Å²) in [6.07, 6.45) is -8.10. The number of carboxylic acid groups (broad SMARTS) is 2. The summed E-state index contributed by atoms with van der Waals surface area (Å²) >= 11 is 0. The molecule has 0 heterocycles. The first-order valence-corrected chi connectivity index (χ1v) is 8.43. The number of hydrogen-bond acceptors (Lipinski definition) is 11. The molecule has 0 saturated heterocycles. The van der Waals surface area contributed by atoms with Crippen LogP contribution >= 0.6 is 0 Å². The molecule has 2 unspecified atom stereocenters. The molecule has 0 bridgehead atoms. The van der Waals surface area contributed by atoms with Gasteiger partial charge in [0.1, 0.15) is 0 Å². The van der Waals surface area contributed by atoms with E-state index in [9.17, 15) is 39.0 Å². The lowest BCUT2D eigenvalue weighted by molar-refractivity contribution is -0.179. The first-order valence-electron chi connectivity index (χ1n) is 8.43. The van der Waals surface area contributed by atoms with Crippen LogP contribution in [0.4, 0.5) is 0 Å². The van der Waals surface area contributed by atoms with Gasteiger partial charge < -0.3 is 35.0 Å². The molecule has 0 spiro atoms. The van der Waals surface area contributed by atoms with Crippen molar-refractivity contribution in [1.29, 1.82) is 0 Å². The number of aliphatic hydroxyl groups is 3. The molecule has 0 aromatic heterocycles. The van der Waals surface area contributed by atoms with Crippen LogP contribution in [0.3, 0.4) is 0 Å². The molecular formula is C18H18O13. The second-order valence-corrected chi connectivity index (χ2v) is 6.20. The van der Waals surface area contributed by atoms with E-state index in [1.54, 1.807) is 6.07 Å². The van der Waals surface area contributed by atoms with Gasteiger partial charge in [-0.25, -0.2) is 14.4 Å². The lowest BCUT2D eigenvalue weighted by Gasteiger charge is -2.21. The molecule has 1 aromatic rings. The summed E-state index contributed by atoms with van der Waals surface area (Å²) < 4.78 is 8.38. The van der Waals surface area contributed by atoms with Crippen LogP contribution in [0.1, 0.15) is 30.9 Å². The summed E-state index contributed by atoms with van der Waals surface area (Å²) in [6.45, 7) is 0. The zero-order chi connectivity index (χ0) is 23.8. The van der Waals surface area contributed by atoms with Crippen LogP contribution in [0.5, 0.6) is 0 Å². The third-order valence-electron chi connectivity index (χ3n) is 3.70. The predicted molar refractivity (Wildman–Crippen MR) is 93.7 cm³/mol. The van der Waals surface area contributed by atoms with Crippen molar-refractivity contribution in [3.63, 3.8) is 0 Å². The van der Waals surface area contributed by atoms with E-state index in [0.29, 0.717) is 0 Å². The van der Waals surface area contributed by atoms with Gasteiger partial charge in [0.25, 0.3) is 0 Å². The number of carbonyl (C=O) groups excluding carboxylic acids is 4. The van der Waals surface area contributed by atoms with Crippen molar-refractivity contribution in [2.45, 2.75) is 37.1 Å². The Balaban J connectivity index is 2.72. The van der Waals surface area contributed by atoms with Gasteiger partial charge in [-0.1, -0.05) is 30.3 Å². The number of benzene rings is 1. The maximum Gasteiger partial charge on any atom is 0.347 e. The summed E-state index contributed by atoms with van der Waals surface area (Å²) in [4.78, 5) is 68.4. The quantitative estimate of drug-likeness (QED) is 0.201. The van der Waals surface area contributed by atoms with Gasteiger partial charge in [-0.05, 0) is 5.56 Å².